The molecule has 0 amide bonds. The van der Waals surface area contributed by atoms with Crippen molar-refractivity contribution in [1.82, 2.24) is 20.4 Å². The summed E-state index contributed by atoms with van der Waals surface area (Å²) >= 11 is 0. The number of halogens is 1. The van der Waals surface area contributed by atoms with Gasteiger partial charge < -0.3 is 15.4 Å². The molecule has 156 valence electrons. The molecule has 0 aliphatic rings. The number of rotatable bonds is 12. The number of benzene rings is 1. The number of aliphatic imine (C=N–C) groups is 1. The Bertz CT molecular complexity index is 660. The zero-order chi connectivity index (χ0) is 19.2. The average molecular weight is 499 g/mol. The quantitative estimate of drug-likeness (QED) is 0.202. The van der Waals surface area contributed by atoms with E-state index in [0.717, 1.165) is 63.8 Å². The van der Waals surface area contributed by atoms with Crippen LogP contribution in [0.15, 0.2) is 47.7 Å². The van der Waals surface area contributed by atoms with E-state index in [4.69, 9.17) is 4.74 Å². The topological polar surface area (TPSA) is 63.5 Å². The zero-order valence-corrected chi connectivity index (χ0v) is 19.4. The highest BCUT2D eigenvalue weighted by molar-refractivity contribution is 14.0. The number of unbranched alkanes of at least 4 members (excludes halogenated alkanes) is 1. The number of aromatic nitrogens is 2. The maximum Gasteiger partial charge on any atom is 0.191 e. The summed E-state index contributed by atoms with van der Waals surface area (Å²) in [6.45, 7) is 8.33. The SMILES string of the molecule is CCCCOCCCN=C(NCC)NCCc1cnn(-c2ccccc2)c1.I. The molecule has 1 aromatic heterocycles. The van der Waals surface area contributed by atoms with Crippen LogP contribution in [0.4, 0.5) is 0 Å². The van der Waals surface area contributed by atoms with E-state index < -0.39 is 0 Å². The first-order valence-electron chi connectivity index (χ1n) is 10.0. The number of ether oxygens (including phenoxy) is 1. The highest BCUT2D eigenvalue weighted by atomic mass is 127. The number of hydrogen-bond acceptors (Lipinski definition) is 3. The van der Waals surface area contributed by atoms with Gasteiger partial charge in [-0.05, 0) is 43.9 Å². The Morgan fingerprint density at radius 2 is 1.89 bits per heavy atom. The average Bonchev–Trinajstić information content (AvgIpc) is 3.17. The zero-order valence-electron chi connectivity index (χ0n) is 17.1. The van der Waals surface area contributed by atoms with Gasteiger partial charge in [-0.15, -0.1) is 24.0 Å². The molecule has 0 unspecified atom stereocenters. The third-order valence-electron chi connectivity index (χ3n) is 4.07. The van der Waals surface area contributed by atoms with Crippen LogP contribution in [-0.4, -0.2) is 48.6 Å². The normalized spacial score (nSPS) is 11.1. The van der Waals surface area contributed by atoms with E-state index in [2.05, 4.69) is 52.9 Å². The Morgan fingerprint density at radius 1 is 1.11 bits per heavy atom. The summed E-state index contributed by atoms with van der Waals surface area (Å²) in [5, 5.41) is 11.1. The van der Waals surface area contributed by atoms with Crippen LogP contribution in [0.2, 0.25) is 0 Å². The van der Waals surface area contributed by atoms with Crippen molar-refractivity contribution in [3.63, 3.8) is 0 Å². The molecule has 0 aliphatic heterocycles. The second-order valence-corrected chi connectivity index (χ2v) is 6.39. The minimum absolute atomic E-state index is 0. The van der Waals surface area contributed by atoms with Crippen molar-refractivity contribution in [2.24, 2.45) is 4.99 Å². The van der Waals surface area contributed by atoms with Gasteiger partial charge in [-0.3, -0.25) is 4.99 Å². The van der Waals surface area contributed by atoms with Gasteiger partial charge in [-0.25, -0.2) is 4.68 Å². The molecule has 0 aliphatic carbocycles. The van der Waals surface area contributed by atoms with Crippen molar-refractivity contribution in [3.05, 3.63) is 48.3 Å². The number of hydrogen-bond donors (Lipinski definition) is 2. The predicted molar refractivity (Wildman–Crippen MR) is 127 cm³/mol. The molecule has 1 aromatic carbocycles. The lowest BCUT2D eigenvalue weighted by atomic mass is 10.2. The molecular weight excluding hydrogens is 465 g/mol. The van der Waals surface area contributed by atoms with Crippen LogP contribution in [0, 0.1) is 0 Å². The van der Waals surface area contributed by atoms with Crippen molar-refractivity contribution in [3.8, 4) is 5.69 Å². The molecule has 0 fully saturated rings. The first-order valence-corrected chi connectivity index (χ1v) is 10.0. The van der Waals surface area contributed by atoms with Gasteiger partial charge in [0.25, 0.3) is 0 Å². The standard InChI is InChI=1S/C21H33N5O.HI/c1-3-5-15-27-16-9-13-23-21(22-4-2)24-14-12-19-17-25-26(18-19)20-10-7-6-8-11-20;/h6-8,10-11,17-18H,3-5,9,12-16H2,1-2H3,(H2,22,23,24);1H. The van der Waals surface area contributed by atoms with Crippen molar-refractivity contribution in [2.45, 2.75) is 39.5 Å². The summed E-state index contributed by atoms with van der Waals surface area (Å²) in [6, 6.07) is 10.2. The molecule has 28 heavy (non-hydrogen) atoms. The highest BCUT2D eigenvalue weighted by Crippen LogP contribution is 2.07. The van der Waals surface area contributed by atoms with E-state index in [0.29, 0.717) is 0 Å². The largest absolute Gasteiger partial charge is 0.381 e. The number of nitrogens with one attached hydrogen (secondary N) is 2. The molecule has 0 bridgehead atoms. The fraction of sp³-hybridized carbons (Fsp3) is 0.524. The third-order valence-corrected chi connectivity index (χ3v) is 4.07. The van der Waals surface area contributed by atoms with Crippen molar-refractivity contribution in [1.29, 1.82) is 0 Å². The highest BCUT2D eigenvalue weighted by Gasteiger charge is 2.02. The lowest BCUT2D eigenvalue weighted by Crippen LogP contribution is -2.38. The van der Waals surface area contributed by atoms with E-state index in [1.54, 1.807) is 0 Å². The minimum atomic E-state index is 0. The van der Waals surface area contributed by atoms with E-state index in [-0.39, 0.29) is 24.0 Å². The summed E-state index contributed by atoms with van der Waals surface area (Å²) in [6.07, 6.45) is 8.16. The van der Waals surface area contributed by atoms with Gasteiger partial charge in [0.05, 0.1) is 11.9 Å². The summed E-state index contributed by atoms with van der Waals surface area (Å²) < 4.78 is 7.48. The van der Waals surface area contributed by atoms with Gasteiger partial charge in [-0.2, -0.15) is 5.10 Å². The van der Waals surface area contributed by atoms with Crippen LogP contribution in [0.25, 0.3) is 5.69 Å². The van der Waals surface area contributed by atoms with Crippen molar-refractivity contribution < 1.29 is 4.74 Å². The monoisotopic (exact) mass is 499 g/mol. The first kappa shape index (κ1) is 24.4. The summed E-state index contributed by atoms with van der Waals surface area (Å²) in [5.74, 6) is 0.863. The molecule has 2 rings (SSSR count). The maximum absolute atomic E-state index is 5.57. The molecule has 0 atom stereocenters. The Balaban J connectivity index is 0.00000392. The number of para-hydroxylation sites is 1. The van der Waals surface area contributed by atoms with Crippen LogP contribution in [0.3, 0.4) is 0 Å². The minimum Gasteiger partial charge on any atom is -0.381 e. The van der Waals surface area contributed by atoms with E-state index >= 15 is 0 Å². The molecule has 1 heterocycles. The Labute approximate surface area is 186 Å². The third kappa shape index (κ3) is 9.54. The molecule has 6 nitrogen and oxygen atoms in total. The van der Waals surface area contributed by atoms with Crippen molar-refractivity contribution in [2.75, 3.05) is 32.8 Å². The molecule has 0 spiro atoms. The molecule has 2 aromatic rings. The molecular formula is C21H34IN5O. The first-order chi connectivity index (χ1) is 13.3. The van der Waals surface area contributed by atoms with Gasteiger partial charge in [0.15, 0.2) is 5.96 Å². The lowest BCUT2D eigenvalue weighted by molar-refractivity contribution is 0.130. The Hall–Kier alpha value is -1.61. The van der Waals surface area contributed by atoms with Crippen LogP contribution in [0.5, 0.6) is 0 Å². The van der Waals surface area contributed by atoms with E-state index in [9.17, 15) is 0 Å². The van der Waals surface area contributed by atoms with Crippen molar-refractivity contribution >= 4 is 29.9 Å². The van der Waals surface area contributed by atoms with Crippen LogP contribution in [-0.2, 0) is 11.2 Å². The van der Waals surface area contributed by atoms with E-state index in [1.807, 2.05) is 29.1 Å². The molecule has 0 saturated carbocycles. The van der Waals surface area contributed by atoms with Gasteiger partial charge in [-0.1, -0.05) is 31.5 Å². The smallest absolute Gasteiger partial charge is 0.191 e. The molecule has 0 radical (unpaired) electrons. The number of guanidine groups is 1. The fourth-order valence-electron chi connectivity index (χ4n) is 2.58. The van der Waals surface area contributed by atoms with Crippen LogP contribution < -0.4 is 10.6 Å². The second-order valence-electron chi connectivity index (χ2n) is 6.39. The number of nitrogens with zero attached hydrogens (tertiary/aromatic N) is 3. The molecule has 7 heteroatoms. The van der Waals surface area contributed by atoms with Gasteiger partial charge in [0.2, 0.25) is 0 Å². The van der Waals surface area contributed by atoms with Crippen LogP contribution in [0.1, 0.15) is 38.7 Å². The van der Waals surface area contributed by atoms with Crippen LogP contribution >= 0.6 is 24.0 Å². The summed E-state index contributed by atoms with van der Waals surface area (Å²) in [4.78, 5) is 4.61. The van der Waals surface area contributed by atoms with E-state index in [1.165, 1.54) is 12.0 Å². The predicted octanol–water partition coefficient (Wildman–Crippen LogP) is 3.79. The van der Waals surface area contributed by atoms with Gasteiger partial charge in [0, 0.05) is 39.0 Å². The summed E-state index contributed by atoms with van der Waals surface area (Å²) in [7, 11) is 0. The molecule has 2 N–H and O–H groups in total. The Morgan fingerprint density at radius 3 is 2.64 bits per heavy atom. The Kier molecular flexibility index (Phi) is 13.4. The molecule has 0 saturated heterocycles. The second kappa shape index (κ2) is 15.3. The fourth-order valence-corrected chi connectivity index (χ4v) is 2.58. The van der Waals surface area contributed by atoms with Gasteiger partial charge >= 0.3 is 0 Å². The lowest BCUT2D eigenvalue weighted by Gasteiger charge is -2.10. The summed E-state index contributed by atoms with van der Waals surface area (Å²) in [5.41, 5.74) is 2.28. The van der Waals surface area contributed by atoms with Gasteiger partial charge in [0.1, 0.15) is 0 Å². The maximum atomic E-state index is 5.57.